The molecule has 1 aromatic rings. The second-order valence-corrected chi connectivity index (χ2v) is 6.91. The number of rotatable bonds is 4. The molecule has 1 aliphatic rings. The summed E-state index contributed by atoms with van der Waals surface area (Å²) in [6, 6.07) is 2.48. The zero-order valence-electron chi connectivity index (χ0n) is 15.4. The molecule has 2 rings (SSSR count). The van der Waals surface area contributed by atoms with E-state index in [-0.39, 0.29) is 11.8 Å². The van der Waals surface area contributed by atoms with E-state index in [1.165, 1.54) is 19.2 Å². The maximum Gasteiger partial charge on any atom is 0.143 e. The van der Waals surface area contributed by atoms with Crippen molar-refractivity contribution in [2.24, 2.45) is 5.73 Å². The van der Waals surface area contributed by atoms with Crippen LogP contribution in [0.5, 0.6) is 11.5 Å². The number of methoxy groups -OCH3 is 1. The molecule has 3 N–H and O–H groups in total. The van der Waals surface area contributed by atoms with Crippen molar-refractivity contribution in [3.63, 3.8) is 0 Å². The van der Waals surface area contributed by atoms with Gasteiger partial charge in [-0.2, -0.15) is 0 Å². The lowest BCUT2D eigenvalue weighted by Crippen LogP contribution is -2.49. The molecule has 0 bridgehead atoms. The van der Waals surface area contributed by atoms with Crippen molar-refractivity contribution in [2.75, 3.05) is 27.2 Å². The Bertz CT molecular complexity index is 697. The summed E-state index contributed by atoms with van der Waals surface area (Å²) in [6.07, 6.45) is 8.92. The van der Waals surface area contributed by atoms with Crippen LogP contribution in [-0.2, 0) is 0 Å². The topological polar surface area (TPSA) is 55.5 Å². The molecule has 0 saturated heterocycles. The predicted molar refractivity (Wildman–Crippen MR) is 98.7 cm³/mol. The monoisotopic (exact) mass is 347 g/mol. The summed E-state index contributed by atoms with van der Waals surface area (Å²) in [4.78, 5) is 0. The molecule has 2 atom stereocenters. The van der Waals surface area contributed by atoms with Gasteiger partial charge in [-0.25, -0.2) is 4.39 Å². The fraction of sp³-hybridized carbons (Fsp3) is 0.400. The molecule has 0 radical (unpaired) electrons. The van der Waals surface area contributed by atoms with Gasteiger partial charge in [-0.1, -0.05) is 18.2 Å². The number of nitrogens with two attached hydrogens (primary N) is 1. The number of aromatic hydroxyl groups is 1. The van der Waals surface area contributed by atoms with Gasteiger partial charge in [-0.3, -0.25) is 0 Å². The van der Waals surface area contributed by atoms with Crippen LogP contribution >= 0.6 is 0 Å². The van der Waals surface area contributed by atoms with Gasteiger partial charge in [0.05, 0.1) is 32.8 Å². The van der Waals surface area contributed by atoms with Crippen molar-refractivity contribution in [3.8, 4) is 11.5 Å². The first-order valence-electron chi connectivity index (χ1n) is 8.44. The van der Waals surface area contributed by atoms with Gasteiger partial charge in [0.2, 0.25) is 0 Å². The zero-order chi connectivity index (χ0) is 18.6. The third-order valence-corrected chi connectivity index (χ3v) is 4.78. The van der Waals surface area contributed by atoms with E-state index in [2.05, 4.69) is 13.1 Å². The molecule has 0 spiro atoms. The van der Waals surface area contributed by atoms with Gasteiger partial charge in [0.15, 0.2) is 0 Å². The van der Waals surface area contributed by atoms with Crippen molar-refractivity contribution >= 4 is 0 Å². The number of likely N-dealkylation sites (N-methyl/N-ethyl adjacent to an activating group) is 1. The first-order chi connectivity index (χ1) is 11.8. The number of nitrogens with zero attached hydrogens (tertiary/aromatic N) is 1. The molecule has 5 heteroatoms. The van der Waals surface area contributed by atoms with Crippen molar-refractivity contribution in [2.45, 2.75) is 26.3 Å². The second kappa shape index (κ2) is 7.74. The first kappa shape index (κ1) is 19.1. The van der Waals surface area contributed by atoms with E-state index in [9.17, 15) is 9.50 Å². The first-order valence-corrected chi connectivity index (χ1v) is 8.44. The van der Waals surface area contributed by atoms with Crippen LogP contribution in [0.4, 0.5) is 4.39 Å². The lowest BCUT2D eigenvalue weighted by Gasteiger charge is -2.42. The molecular weight excluding hydrogens is 319 g/mol. The molecule has 0 aliphatic carbocycles. The van der Waals surface area contributed by atoms with Crippen LogP contribution in [0, 0.1) is 5.82 Å². The summed E-state index contributed by atoms with van der Waals surface area (Å²) in [5.41, 5.74) is 7.86. The van der Waals surface area contributed by atoms with Crippen LogP contribution in [0.1, 0.15) is 31.9 Å². The fourth-order valence-corrected chi connectivity index (χ4v) is 3.45. The SMILES string of the molecule is COc1cc(O)c(C2/C(C)=C/C=C\CC[N+]2(C)C/C=C(\C)N)c(F)c1. The van der Waals surface area contributed by atoms with E-state index in [0.717, 1.165) is 24.2 Å². The third kappa shape index (κ3) is 4.23. The van der Waals surface area contributed by atoms with E-state index in [4.69, 9.17) is 10.5 Å². The van der Waals surface area contributed by atoms with Gasteiger partial charge in [0.25, 0.3) is 0 Å². The number of hydrogen-bond acceptors (Lipinski definition) is 3. The summed E-state index contributed by atoms with van der Waals surface area (Å²) in [7, 11) is 3.53. The summed E-state index contributed by atoms with van der Waals surface area (Å²) < 4.78 is 20.5. The normalized spacial score (nSPS) is 27.8. The number of phenolic OH excluding ortho intramolecular Hbond substituents is 1. The van der Waals surface area contributed by atoms with Crippen LogP contribution < -0.4 is 10.5 Å². The highest BCUT2D eigenvalue weighted by molar-refractivity contribution is 5.45. The van der Waals surface area contributed by atoms with Crippen molar-refractivity contribution in [1.82, 2.24) is 0 Å². The molecule has 0 fully saturated rings. The Labute approximate surface area is 149 Å². The average molecular weight is 347 g/mol. The van der Waals surface area contributed by atoms with E-state index in [1.807, 2.05) is 32.1 Å². The predicted octanol–water partition coefficient (Wildman–Crippen LogP) is 3.80. The molecule has 4 nitrogen and oxygen atoms in total. The Kier molecular flexibility index (Phi) is 5.90. The van der Waals surface area contributed by atoms with Crippen LogP contribution in [-0.4, -0.2) is 36.8 Å². The minimum absolute atomic E-state index is 0.0862. The number of hydrogen-bond donors (Lipinski definition) is 2. The van der Waals surface area contributed by atoms with Gasteiger partial charge in [-0.05, 0) is 25.5 Å². The number of phenols is 1. The third-order valence-electron chi connectivity index (χ3n) is 4.78. The lowest BCUT2D eigenvalue weighted by molar-refractivity contribution is -0.928. The quantitative estimate of drug-likeness (QED) is 0.815. The van der Waals surface area contributed by atoms with Gasteiger partial charge >= 0.3 is 0 Å². The number of halogens is 1. The molecule has 2 unspecified atom stereocenters. The van der Waals surface area contributed by atoms with Crippen LogP contribution in [0.2, 0.25) is 0 Å². The average Bonchev–Trinajstić information content (AvgIpc) is 2.54. The molecule has 25 heavy (non-hydrogen) atoms. The van der Waals surface area contributed by atoms with E-state index < -0.39 is 5.82 Å². The largest absolute Gasteiger partial charge is 0.507 e. The molecular formula is C20H28FN2O2+. The lowest BCUT2D eigenvalue weighted by atomic mass is 9.92. The van der Waals surface area contributed by atoms with E-state index in [1.54, 1.807) is 0 Å². The minimum atomic E-state index is -0.461. The Morgan fingerprint density at radius 1 is 1.48 bits per heavy atom. The standard InChI is InChI=1S/C20H27FN2O2/c1-14-8-6-5-7-10-23(3,11-9-15(2)22)20(14)19-17(21)12-16(25-4)13-18(19)24/h5-6,8-9,12-13,20H,7,10-11,22H2,1-4H3/p+1/b6-5-,14-8+,15-9+. The summed E-state index contributed by atoms with van der Waals surface area (Å²) >= 11 is 0. The maximum atomic E-state index is 14.9. The van der Waals surface area contributed by atoms with Crippen molar-refractivity contribution < 1.29 is 18.7 Å². The van der Waals surface area contributed by atoms with Crippen molar-refractivity contribution in [1.29, 1.82) is 0 Å². The molecule has 0 amide bonds. The minimum Gasteiger partial charge on any atom is -0.507 e. The molecule has 1 aliphatic heterocycles. The summed E-state index contributed by atoms with van der Waals surface area (Å²) in [5, 5.41) is 10.5. The van der Waals surface area contributed by atoms with Gasteiger partial charge in [-0.15, -0.1) is 0 Å². The second-order valence-electron chi connectivity index (χ2n) is 6.91. The number of benzene rings is 1. The highest BCUT2D eigenvalue weighted by atomic mass is 19.1. The number of quaternary nitrogens is 1. The molecule has 136 valence electrons. The van der Waals surface area contributed by atoms with Gasteiger partial charge in [0, 0.05) is 24.3 Å². The molecule has 0 aromatic heterocycles. The van der Waals surface area contributed by atoms with Crippen LogP contribution in [0.3, 0.4) is 0 Å². The van der Waals surface area contributed by atoms with Gasteiger partial charge < -0.3 is 20.1 Å². The maximum absolute atomic E-state index is 14.9. The molecule has 1 aromatic carbocycles. The molecule has 1 heterocycles. The Balaban J connectivity index is 2.63. The Morgan fingerprint density at radius 2 is 2.20 bits per heavy atom. The Hall–Kier alpha value is -2.27. The highest BCUT2D eigenvalue weighted by Gasteiger charge is 2.38. The fourth-order valence-electron chi connectivity index (χ4n) is 3.45. The van der Waals surface area contributed by atoms with Gasteiger partial charge in [0.1, 0.15) is 23.4 Å². The number of allylic oxidation sites excluding steroid dienone is 3. The highest BCUT2D eigenvalue weighted by Crippen LogP contribution is 2.42. The smallest absolute Gasteiger partial charge is 0.143 e. The van der Waals surface area contributed by atoms with E-state index in [0.29, 0.717) is 22.3 Å². The zero-order valence-corrected chi connectivity index (χ0v) is 15.4. The Morgan fingerprint density at radius 3 is 2.80 bits per heavy atom. The van der Waals surface area contributed by atoms with Crippen LogP contribution in [0.25, 0.3) is 0 Å². The molecule has 0 saturated carbocycles. The summed E-state index contributed by atoms with van der Waals surface area (Å²) in [6.45, 7) is 5.27. The van der Waals surface area contributed by atoms with Crippen molar-refractivity contribution in [3.05, 3.63) is 59.1 Å². The number of ether oxygens (including phenoxy) is 1. The summed E-state index contributed by atoms with van der Waals surface area (Å²) in [5.74, 6) is -0.244. The van der Waals surface area contributed by atoms with Crippen LogP contribution in [0.15, 0.2) is 47.7 Å². The van der Waals surface area contributed by atoms with E-state index >= 15 is 0 Å².